The van der Waals surface area contributed by atoms with Gasteiger partial charge in [0.05, 0.1) is 16.7 Å². The first-order valence-electron chi connectivity index (χ1n) is 8.01. The number of nitrogens with two attached hydrogens (primary N) is 1. The highest BCUT2D eigenvalue weighted by atomic mass is 79.9. The molecule has 3 rings (SSSR count). The lowest BCUT2D eigenvalue weighted by molar-refractivity contribution is -0.116. The minimum absolute atomic E-state index is 0.0339. The zero-order valence-corrected chi connectivity index (χ0v) is 16.4. The van der Waals surface area contributed by atoms with Crippen LogP contribution in [-0.2, 0) is 4.79 Å². The summed E-state index contributed by atoms with van der Waals surface area (Å²) < 4.78 is 5.90. The van der Waals surface area contributed by atoms with Crippen molar-refractivity contribution < 1.29 is 28.4 Å². The number of ketones is 1. The largest absolute Gasteiger partial charge is 0.444 e. The molecule has 3 N–H and O–H groups in total. The van der Waals surface area contributed by atoms with E-state index < -0.39 is 36.0 Å². The van der Waals surface area contributed by atoms with Gasteiger partial charge in [-0.15, -0.1) is 0 Å². The van der Waals surface area contributed by atoms with Crippen LogP contribution in [0.3, 0.4) is 0 Å². The van der Waals surface area contributed by atoms with Crippen molar-refractivity contribution in [1.82, 2.24) is 4.90 Å². The summed E-state index contributed by atoms with van der Waals surface area (Å²) in [5, 5.41) is 2.30. The number of nitrogens with one attached hydrogen (secondary N) is 1. The molecule has 0 fully saturated rings. The number of amides is 4. The molecule has 10 heteroatoms. The van der Waals surface area contributed by atoms with Crippen molar-refractivity contribution in [1.29, 1.82) is 0 Å². The average molecular weight is 448 g/mol. The summed E-state index contributed by atoms with van der Waals surface area (Å²) in [6, 6.07) is 4.59. The van der Waals surface area contributed by atoms with E-state index in [0.29, 0.717) is 4.47 Å². The predicted octanol–water partition coefficient (Wildman–Crippen LogP) is 1.89. The Morgan fingerprint density at radius 2 is 1.79 bits per heavy atom. The maximum absolute atomic E-state index is 12.4. The maximum atomic E-state index is 12.4. The number of nitrogens with zero attached hydrogens (tertiary/aromatic N) is 1. The molecule has 0 saturated heterocycles. The van der Waals surface area contributed by atoms with Crippen molar-refractivity contribution in [2.75, 3.05) is 11.9 Å². The zero-order valence-electron chi connectivity index (χ0n) is 14.8. The summed E-state index contributed by atoms with van der Waals surface area (Å²) in [7, 11) is 0. The van der Waals surface area contributed by atoms with Crippen molar-refractivity contribution >= 4 is 51.2 Å². The molecule has 28 heavy (non-hydrogen) atoms. The molecule has 2 aromatic rings. The van der Waals surface area contributed by atoms with E-state index in [1.807, 2.05) is 0 Å². The minimum atomic E-state index is -0.956. The van der Waals surface area contributed by atoms with Crippen LogP contribution in [0.1, 0.15) is 54.1 Å². The Labute approximate surface area is 167 Å². The Morgan fingerprint density at radius 3 is 2.39 bits per heavy atom. The SMILES string of the molecule is CC(=O)c1c(C)oc(NC(=O)CN2C(=O)c3ccc(Br)cc3C2=O)c1C(N)=O. The Morgan fingerprint density at radius 1 is 1.14 bits per heavy atom. The first kappa shape index (κ1) is 19.5. The first-order valence-corrected chi connectivity index (χ1v) is 8.80. The van der Waals surface area contributed by atoms with Gasteiger partial charge in [0.1, 0.15) is 17.9 Å². The number of imide groups is 1. The van der Waals surface area contributed by atoms with Crippen molar-refractivity contribution in [3.63, 3.8) is 0 Å². The second kappa shape index (κ2) is 7.04. The van der Waals surface area contributed by atoms with Crippen molar-refractivity contribution in [2.24, 2.45) is 5.73 Å². The molecule has 1 aromatic heterocycles. The summed E-state index contributed by atoms with van der Waals surface area (Å²) in [5.74, 6) is -3.63. The number of carbonyl (C=O) groups excluding carboxylic acids is 5. The molecule has 1 aliphatic rings. The van der Waals surface area contributed by atoms with Crippen molar-refractivity contribution in [2.45, 2.75) is 13.8 Å². The highest BCUT2D eigenvalue weighted by molar-refractivity contribution is 9.10. The molecule has 0 atom stereocenters. The summed E-state index contributed by atoms with van der Waals surface area (Å²) >= 11 is 3.22. The van der Waals surface area contributed by atoms with Gasteiger partial charge in [0.2, 0.25) is 11.8 Å². The summed E-state index contributed by atoms with van der Waals surface area (Å²) in [4.78, 5) is 61.4. The number of halogens is 1. The lowest BCUT2D eigenvalue weighted by Crippen LogP contribution is -2.37. The summed E-state index contributed by atoms with van der Waals surface area (Å²) in [6.45, 7) is 2.07. The molecule has 0 spiro atoms. The molecule has 0 saturated carbocycles. The lowest BCUT2D eigenvalue weighted by atomic mass is 10.1. The Kier molecular flexibility index (Phi) is 4.90. The first-order chi connectivity index (χ1) is 13.1. The molecule has 1 aliphatic heterocycles. The second-order valence-electron chi connectivity index (χ2n) is 6.09. The van der Waals surface area contributed by atoms with Gasteiger partial charge in [-0.2, -0.15) is 0 Å². The number of benzene rings is 1. The van der Waals surface area contributed by atoms with Crippen molar-refractivity contribution in [3.05, 3.63) is 50.7 Å². The van der Waals surface area contributed by atoms with E-state index >= 15 is 0 Å². The number of furan rings is 1. The van der Waals surface area contributed by atoms with Gasteiger partial charge in [0, 0.05) is 4.47 Å². The van der Waals surface area contributed by atoms with Crippen LogP contribution in [0.15, 0.2) is 27.1 Å². The fourth-order valence-electron chi connectivity index (χ4n) is 3.01. The van der Waals surface area contributed by atoms with Crippen LogP contribution in [0.5, 0.6) is 0 Å². The molecule has 4 amide bonds. The molecule has 0 unspecified atom stereocenters. The number of fused-ring (bicyclic) bond motifs is 1. The molecule has 9 nitrogen and oxygen atoms in total. The Hall–Kier alpha value is -3.27. The van der Waals surface area contributed by atoms with E-state index in [2.05, 4.69) is 21.2 Å². The highest BCUT2D eigenvalue weighted by Crippen LogP contribution is 2.28. The van der Waals surface area contributed by atoms with Gasteiger partial charge in [-0.05, 0) is 32.0 Å². The van der Waals surface area contributed by atoms with Gasteiger partial charge in [-0.1, -0.05) is 15.9 Å². The molecule has 2 heterocycles. The molecule has 0 bridgehead atoms. The van der Waals surface area contributed by atoms with Crippen LogP contribution in [0.4, 0.5) is 5.88 Å². The van der Waals surface area contributed by atoms with E-state index in [1.165, 1.54) is 26.0 Å². The topological polar surface area (TPSA) is 140 Å². The smallest absolute Gasteiger partial charge is 0.262 e. The number of anilines is 1. The molecule has 0 radical (unpaired) electrons. The number of Topliss-reactive ketones (excluding diaryl/α,β-unsaturated/α-hetero) is 1. The predicted molar refractivity (Wildman–Crippen MR) is 100 cm³/mol. The van der Waals surface area contributed by atoms with Gasteiger partial charge in [-0.3, -0.25) is 34.2 Å². The van der Waals surface area contributed by atoms with E-state index in [1.54, 1.807) is 6.07 Å². The van der Waals surface area contributed by atoms with E-state index in [9.17, 15) is 24.0 Å². The Bertz CT molecular complexity index is 1070. The fraction of sp³-hybridized carbons (Fsp3) is 0.167. The summed E-state index contributed by atoms with van der Waals surface area (Å²) in [6.07, 6.45) is 0. The standard InChI is InChI=1S/C18H14BrN3O6/c1-7(23)13-8(2)28-16(14(13)15(20)25)21-12(24)6-22-17(26)10-4-3-9(19)5-11(10)18(22)27/h3-5H,6H2,1-2H3,(H2,20,25)(H,21,24). The number of primary amides is 1. The third-order valence-corrected chi connectivity index (χ3v) is 4.66. The van der Waals surface area contributed by atoms with Gasteiger partial charge < -0.3 is 10.2 Å². The molecular weight excluding hydrogens is 434 g/mol. The van der Waals surface area contributed by atoms with Gasteiger partial charge in [-0.25, -0.2) is 0 Å². The molecule has 144 valence electrons. The number of carbonyl (C=O) groups is 5. The van der Waals surface area contributed by atoms with Crippen molar-refractivity contribution in [3.8, 4) is 0 Å². The number of rotatable bonds is 5. The van der Waals surface area contributed by atoms with Crippen LogP contribution >= 0.6 is 15.9 Å². The van der Waals surface area contributed by atoms with E-state index in [0.717, 1.165) is 4.90 Å². The maximum Gasteiger partial charge on any atom is 0.262 e. The van der Waals surface area contributed by atoms with Crippen LogP contribution in [0.2, 0.25) is 0 Å². The lowest BCUT2D eigenvalue weighted by Gasteiger charge is -2.13. The second-order valence-corrected chi connectivity index (χ2v) is 7.01. The third-order valence-electron chi connectivity index (χ3n) is 4.17. The third kappa shape index (κ3) is 3.22. The van der Waals surface area contributed by atoms with Crippen LogP contribution in [-0.4, -0.2) is 40.9 Å². The van der Waals surface area contributed by atoms with E-state index in [-0.39, 0.29) is 33.9 Å². The Balaban J connectivity index is 1.84. The van der Waals surface area contributed by atoms with Crippen LogP contribution < -0.4 is 11.1 Å². The number of aryl methyl sites for hydroxylation is 1. The minimum Gasteiger partial charge on any atom is -0.444 e. The van der Waals surface area contributed by atoms with Gasteiger partial charge in [0.25, 0.3) is 17.7 Å². The van der Waals surface area contributed by atoms with Crippen LogP contribution in [0.25, 0.3) is 0 Å². The normalized spacial score (nSPS) is 12.9. The summed E-state index contributed by atoms with van der Waals surface area (Å²) in [5.41, 5.74) is 5.37. The average Bonchev–Trinajstić information content (AvgIpc) is 3.04. The molecule has 0 aliphatic carbocycles. The fourth-order valence-corrected chi connectivity index (χ4v) is 3.37. The van der Waals surface area contributed by atoms with Crippen LogP contribution in [0, 0.1) is 6.92 Å². The molecular formula is C18H14BrN3O6. The number of hydrogen-bond donors (Lipinski definition) is 2. The number of hydrogen-bond acceptors (Lipinski definition) is 6. The highest BCUT2D eigenvalue weighted by Gasteiger charge is 2.37. The zero-order chi connectivity index (χ0) is 20.7. The van der Waals surface area contributed by atoms with Gasteiger partial charge in [0.15, 0.2) is 5.78 Å². The molecule has 1 aromatic carbocycles. The van der Waals surface area contributed by atoms with Gasteiger partial charge >= 0.3 is 0 Å². The monoisotopic (exact) mass is 447 g/mol. The van der Waals surface area contributed by atoms with E-state index in [4.69, 9.17) is 10.2 Å². The quantitative estimate of drug-likeness (QED) is 0.529.